The first-order valence-electron chi connectivity index (χ1n) is 4.26. The van der Waals surface area contributed by atoms with E-state index < -0.39 is 5.97 Å². The molecular weight excluding hydrogens is 216 g/mol. The van der Waals surface area contributed by atoms with Crippen LogP contribution in [0.15, 0.2) is 24.5 Å². The molecule has 0 aliphatic heterocycles. The van der Waals surface area contributed by atoms with Crippen molar-refractivity contribution in [2.45, 2.75) is 6.42 Å². The highest BCUT2D eigenvalue weighted by Crippen LogP contribution is 2.20. The van der Waals surface area contributed by atoms with Crippen LogP contribution in [0.5, 0.6) is 0 Å². The molecule has 0 fully saturated rings. The molecule has 4 nitrogen and oxygen atoms in total. The SMILES string of the molecule is O=C([O-])Cc1ccc2ncnc(Cl)c2c1. The number of halogens is 1. The van der Waals surface area contributed by atoms with Gasteiger partial charge in [0.2, 0.25) is 0 Å². The van der Waals surface area contributed by atoms with E-state index in [2.05, 4.69) is 9.97 Å². The molecule has 2 rings (SSSR count). The molecule has 0 radical (unpaired) electrons. The Labute approximate surface area is 90.5 Å². The third-order valence-electron chi connectivity index (χ3n) is 2.00. The van der Waals surface area contributed by atoms with Gasteiger partial charge in [-0.25, -0.2) is 9.97 Å². The lowest BCUT2D eigenvalue weighted by Gasteiger charge is -2.04. The summed E-state index contributed by atoms with van der Waals surface area (Å²) in [5.41, 5.74) is 1.32. The molecule has 1 heterocycles. The van der Waals surface area contributed by atoms with E-state index in [4.69, 9.17) is 11.6 Å². The van der Waals surface area contributed by atoms with E-state index >= 15 is 0 Å². The molecule has 0 aliphatic rings. The number of hydrogen-bond acceptors (Lipinski definition) is 4. The Morgan fingerprint density at radius 1 is 1.40 bits per heavy atom. The van der Waals surface area contributed by atoms with Crippen molar-refractivity contribution in [1.29, 1.82) is 0 Å². The topological polar surface area (TPSA) is 65.9 Å². The van der Waals surface area contributed by atoms with Gasteiger partial charge >= 0.3 is 0 Å². The van der Waals surface area contributed by atoms with Crippen molar-refractivity contribution in [2.75, 3.05) is 0 Å². The Morgan fingerprint density at radius 2 is 2.20 bits per heavy atom. The van der Waals surface area contributed by atoms with Crippen LogP contribution in [-0.4, -0.2) is 15.9 Å². The number of aliphatic carboxylic acids is 1. The molecule has 0 saturated carbocycles. The fraction of sp³-hybridized carbons (Fsp3) is 0.100. The van der Waals surface area contributed by atoms with Crippen LogP contribution >= 0.6 is 11.6 Å². The zero-order valence-electron chi connectivity index (χ0n) is 7.61. The third kappa shape index (κ3) is 2.05. The minimum absolute atomic E-state index is 0.138. The van der Waals surface area contributed by atoms with Gasteiger partial charge in [-0.15, -0.1) is 0 Å². The zero-order valence-corrected chi connectivity index (χ0v) is 8.36. The van der Waals surface area contributed by atoms with Crippen LogP contribution in [0.1, 0.15) is 5.56 Å². The summed E-state index contributed by atoms with van der Waals surface area (Å²) in [7, 11) is 0. The smallest absolute Gasteiger partial charge is 0.140 e. The van der Waals surface area contributed by atoms with Crippen molar-refractivity contribution in [2.24, 2.45) is 0 Å². The summed E-state index contributed by atoms with van der Waals surface area (Å²) < 4.78 is 0. The number of rotatable bonds is 2. The lowest BCUT2D eigenvalue weighted by Crippen LogP contribution is -2.24. The normalized spacial score (nSPS) is 10.5. The molecule has 0 amide bonds. The lowest BCUT2D eigenvalue weighted by molar-refractivity contribution is -0.304. The molecule has 0 saturated heterocycles. The summed E-state index contributed by atoms with van der Waals surface area (Å²) in [6.07, 6.45) is 1.23. The van der Waals surface area contributed by atoms with Gasteiger partial charge in [-0.05, 0) is 17.7 Å². The van der Waals surface area contributed by atoms with Crippen molar-refractivity contribution in [3.63, 3.8) is 0 Å². The second-order valence-electron chi connectivity index (χ2n) is 3.06. The van der Waals surface area contributed by atoms with E-state index in [1.165, 1.54) is 6.33 Å². The van der Waals surface area contributed by atoms with Gasteiger partial charge in [-0.1, -0.05) is 17.7 Å². The monoisotopic (exact) mass is 221 g/mol. The van der Waals surface area contributed by atoms with E-state index in [0.717, 1.165) is 0 Å². The summed E-state index contributed by atoms with van der Waals surface area (Å²) in [5.74, 6) is -1.12. The standard InChI is InChI=1S/C10H7ClN2O2/c11-10-7-3-6(4-9(14)15)1-2-8(7)12-5-13-10/h1-3,5H,4H2,(H,14,15)/p-1. The fourth-order valence-corrected chi connectivity index (χ4v) is 1.54. The summed E-state index contributed by atoms with van der Waals surface area (Å²) in [5, 5.41) is 11.4. The van der Waals surface area contributed by atoms with Crippen LogP contribution in [0.3, 0.4) is 0 Å². The fourth-order valence-electron chi connectivity index (χ4n) is 1.35. The predicted molar refractivity (Wildman–Crippen MR) is 53.3 cm³/mol. The van der Waals surface area contributed by atoms with Crippen LogP contribution in [0.2, 0.25) is 5.15 Å². The van der Waals surface area contributed by atoms with Crippen molar-refractivity contribution >= 4 is 28.5 Å². The van der Waals surface area contributed by atoms with E-state index in [9.17, 15) is 9.90 Å². The number of hydrogen-bond donors (Lipinski definition) is 0. The van der Waals surface area contributed by atoms with Crippen LogP contribution in [-0.2, 0) is 11.2 Å². The van der Waals surface area contributed by atoms with Crippen molar-refractivity contribution in [3.8, 4) is 0 Å². The lowest BCUT2D eigenvalue weighted by atomic mass is 10.1. The molecular formula is C10H6ClN2O2-. The van der Waals surface area contributed by atoms with E-state index in [0.29, 0.717) is 21.6 Å². The summed E-state index contributed by atoms with van der Waals surface area (Å²) >= 11 is 5.85. The molecule has 0 N–H and O–H groups in total. The summed E-state index contributed by atoms with van der Waals surface area (Å²) in [4.78, 5) is 18.2. The molecule has 1 aromatic heterocycles. The van der Waals surface area contributed by atoms with Crippen LogP contribution < -0.4 is 5.11 Å². The highest BCUT2D eigenvalue weighted by molar-refractivity contribution is 6.34. The van der Waals surface area contributed by atoms with Gasteiger partial charge in [0.15, 0.2) is 0 Å². The molecule has 5 heteroatoms. The van der Waals surface area contributed by atoms with Gasteiger partial charge in [0.1, 0.15) is 11.5 Å². The number of aromatic nitrogens is 2. The minimum Gasteiger partial charge on any atom is -0.550 e. The number of nitrogens with zero attached hydrogens (tertiary/aromatic N) is 2. The van der Waals surface area contributed by atoms with E-state index in [1.54, 1.807) is 18.2 Å². The molecule has 0 spiro atoms. The maximum atomic E-state index is 10.4. The van der Waals surface area contributed by atoms with Gasteiger partial charge in [0, 0.05) is 17.8 Å². The van der Waals surface area contributed by atoms with Crippen LogP contribution in [0, 0.1) is 0 Å². The maximum Gasteiger partial charge on any atom is 0.140 e. The van der Waals surface area contributed by atoms with Crippen molar-refractivity contribution < 1.29 is 9.90 Å². The quantitative estimate of drug-likeness (QED) is 0.696. The number of benzene rings is 1. The first kappa shape index (κ1) is 9.86. The Kier molecular flexibility index (Phi) is 2.51. The largest absolute Gasteiger partial charge is 0.550 e. The number of fused-ring (bicyclic) bond motifs is 1. The minimum atomic E-state index is -1.12. The van der Waals surface area contributed by atoms with E-state index in [1.807, 2.05) is 0 Å². The number of carboxylic acid groups (broad SMARTS) is 1. The number of carboxylic acids is 1. The second-order valence-corrected chi connectivity index (χ2v) is 3.42. The first-order chi connectivity index (χ1) is 7.16. The predicted octanol–water partition coefficient (Wildman–Crippen LogP) is 0.576. The van der Waals surface area contributed by atoms with Gasteiger partial charge in [-0.3, -0.25) is 0 Å². The molecule has 2 aromatic rings. The Hall–Kier alpha value is -1.68. The molecule has 0 unspecified atom stereocenters. The highest BCUT2D eigenvalue weighted by atomic mass is 35.5. The Morgan fingerprint density at radius 3 is 2.93 bits per heavy atom. The Bertz CT molecular complexity index is 528. The summed E-state index contributed by atoms with van der Waals surface area (Å²) in [6, 6.07) is 5.05. The van der Waals surface area contributed by atoms with Crippen LogP contribution in [0.25, 0.3) is 10.9 Å². The average molecular weight is 222 g/mol. The van der Waals surface area contributed by atoms with E-state index in [-0.39, 0.29) is 6.42 Å². The second kappa shape index (κ2) is 3.82. The zero-order chi connectivity index (χ0) is 10.8. The van der Waals surface area contributed by atoms with Gasteiger partial charge in [0.05, 0.1) is 5.52 Å². The van der Waals surface area contributed by atoms with Crippen molar-refractivity contribution in [3.05, 3.63) is 35.2 Å². The number of carbonyl (C=O) groups is 1. The first-order valence-corrected chi connectivity index (χ1v) is 4.63. The highest BCUT2D eigenvalue weighted by Gasteiger charge is 2.02. The van der Waals surface area contributed by atoms with Gasteiger partial charge < -0.3 is 9.90 Å². The summed E-state index contributed by atoms with van der Waals surface area (Å²) in [6.45, 7) is 0. The molecule has 1 aromatic carbocycles. The van der Waals surface area contributed by atoms with Crippen LogP contribution in [0.4, 0.5) is 0 Å². The molecule has 0 aliphatic carbocycles. The maximum absolute atomic E-state index is 10.4. The van der Waals surface area contributed by atoms with Gasteiger partial charge in [0.25, 0.3) is 0 Å². The van der Waals surface area contributed by atoms with Gasteiger partial charge in [-0.2, -0.15) is 0 Å². The average Bonchev–Trinajstić information content (AvgIpc) is 2.18. The number of carbonyl (C=O) groups excluding carboxylic acids is 1. The molecule has 0 bridgehead atoms. The molecule has 76 valence electrons. The Balaban J connectivity index is 2.54. The third-order valence-corrected chi connectivity index (χ3v) is 2.30. The molecule has 15 heavy (non-hydrogen) atoms. The molecule has 0 atom stereocenters. The van der Waals surface area contributed by atoms with Crippen molar-refractivity contribution in [1.82, 2.24) is 9.97 Å².